The molecule has 1 heterocycles. The van der Waals surface area contributed by atoms with Gasteiger partial charge in [-0.25, -0.2) is 0 Å². The number of benzene rings is 1. The summed E-state index contributed by atoms with van der Waals surface area (Å²) in [5.41, 5.74) is 1.98. The van der Waals surface area contributed by atoms with Crippen molar-refractivity contribution in [3.8, 4) is 0 Å². The lowest BCUT2D eigenvalue weighted by atomic mass is 10.1. The zero-order valence-electron chi connectivity index (χ0n) is 13.5. The fraction of sp³-hybridized carbons (Fsp3) is 0.412. The van der Waals surface area contributed by atoms with Gasteiger partial charge in [-0.2, -0.15) is 5.10 Å². The number of hydrogen-bond acceptors (Lipinski definition) is 3. The lowest BCUT2D eigenvalue weighted by Crippen LogP contribution is -2.31. The third-order valence-corrected chi connectivity index (χ3v) is 3.45. The first-order valence-electron chi connectivity index (χ1n) is 7.36. The molecule has 1 aromatic heterocycles. The van der Waals surface area contributed by atoms with Crippen LogP contribution in [0.4, 0.5) is 0 Å². The van der Waals surface area contributed by atoms with Crippen molar-refractivity contribution in [2.45, 2.75) is 39.3 Å². The molecule has 0 aliphatic carbocycles. The van der Waals surface area contributed by atoms with E-state index in [1.54, 1.807) is 6.07 Å². The second-order valence-corrected chi connectivity index (χ2v) is 6.37. The van der Waals surface area contributed by atoms with Crippen molar-refractivity contribution in [1.29, 1.82) is 0 Å². The third kappa shape index (κ3) is 3.54. The van der Waals surface area contributed by atoms with Gasteiger partial charge in [-0.15, -0.1) is 0 Å². The van der Waals surface area contributed by atoms with Crippen LogP contribution in [-0.2, 0) is 5.54 Å². The van der Waals surface area contributed by atoms with Crippen LogP contribution in [0.1, 0.15) is 48.6 Å². The zero-order valence-corrected chi connectivity index (χ0v) is 13.5. The maximum Gasteiger partial charge on any atom is 0.272 e. The number of carbonyl (C=O) groups is 1. The monoisotopic (exact) mass is 301 g/mol. The van der Waals surface area contributed by atoms with E-state index in [-0.39, 0.29) is 18.1 Å². The molecule has 1 atom stereocenters. The van der Waals surface area contributed by atoms with Gasteiger partial charge in [0.1, 0.15) is 5.69 Å². The van der Waals surface area contributed by atoms with Crippen molar-refractivity contribution < 1.29 is 9.90 Å². The molecular weight excluding hydrogens is 278 g/mol. The quantitative estimate of drug-likeness (QED) is 0.911. The SMILES string of the molecule is Cc1cc(C(=O)N[C@H](CO)c2ccccc2)nn1C(C)(C)C. The van der Waals surface area contributed by atoms with E-state index in [9.17, 15) is 9.90 Å². The lowest BCUT2D eigenvalue weighted by molar-refractivity contribution is 0.0909. The second-order valence-electron chi connectivity index (χ2n) is 6.37. The fourth-order valence-corrected chi connectivity index (χ4v) is 2.42. The Balaban J connectivity index is 2.18. The van der Waals surface area contributed by atoms with Crippen LogP contribution in [0, 0.1) is 6.92 Å². The minimum atomic E-state index is -0.436. The van der Waals surface area contributed by atoms with Gasteiger partial charge >= 0.3 is 0 Å². The highest BCUT2D eigenvalue weighted by Crippen LogP contribution is 2.18. The minimum Gasteiger partial charge on any atom is -0.394 e. The molecule has 0 bridgehead atoms. The molecule has 5 heteroatoms. The van der Waals surface area contributed by atoms with Gasteiger partial charge in [-0.3, -0.25) is 9.48 Å². The van der Waals surface area contributed by atoms with Gasteiger partial charge in [0.25, 0.3) is 5.91 Å². The number of amides is 1. The van der Waals surface area contributed by atoms with E-state index in [1.807, 2.05) is 62.7 Å². The van der Waals surface area contributed by atoms with Crippen molar-refractivity contribution >= 4 is 5.91 Å². The molecule has 2 N–H and O–H groups in total. The summed E-state index contributed by atoms with van der Waals surface area (Å²) in [5.74, 6) is -0.283. The number of nitrogens with zero attached hydrogens (tertiary/aromatic N) is 2. The highest BCUT2D eigenvalue weighted by molar-refractivity contribution is 5.92. The Morgan fingerprint density at radius 1 is 1.32 bits per heavy atom. The van der Waals surface area contributed by atoms with Crippen LogP contribution in [-0.4, -0.2) is 27.4 Å². The van der Waals surface area contributed by atoms with Crippen LogP contribution < -0.4 is 5.32 Å². The Morgan fingerprint density at radius 2 is 1.95 bits per heavy atom. The number of nitrogens with one attached hydrogen (secondary N) is 1. The van der Waals surface area contributed by atoms with Crippen LogP contribution in [0.15, 0.2) is 36.4 Å². The molecule has 0 saturated heterocycles. The first-order valence-corrected chi connectivity index (χ1v) is 7.36. The van der Waals surface area contributed by atoms with Crippen LogP contribution in [0.5, 0.6) is 0 Å². The molecular formula is C17H23N3O2. The summed E-state index contributed by atoms with van der Waals surface area (Å²) in [6, 6.07) is 10.7. The summed E-state index contributed by atoms with van der Waals surface area (Å²) < 4.78 is 1.83. The molecule has 0 unspecified atom stereocenters. The van der Waals surface area contributed by atoms with Crippen LogP contribution in [0.25, 0.3) is 0 Å². The van der Waals surface area contributed by atoms with E-state index >= 15 is 0 Å². The molecule has 0 aliphatic heterocycles. The van der Waals surface area contributed by atoms with Crippen molar-refractivity contribution in [2.75, 3.05) is 6.61 Å². The van der Waals surface area contributed by atoms with Crippen LogP contribution in [0.3, 0.4) is 0 Å². The van der Waals surface area contributed by atoms with Gasteiger partial charge in [-0.1, -0.05) is 30.3 Å². The maximum atomic E-state index is 12.4. The van der Waals surface area contributed by atoms with Crippen molar-refractivity contribution in [2.24, 2.45) is 0 Å². The predicted molar refractivity (Wildman–Crippen MR) is 85.7 cm³/mol. The highest BCUT2D eigenvalue weighted by atomic mass is 16.3. The number of aliphatic hydroxyl groups excluding tert-OH is 1. The minimum absolute atomic E-state index is 0.158. The van der Waals surface area contributed by atoms with Crippen molar-refractivity contribution in [3.63, 3.8) is 0 Å². The van der Waals surface area contributed by atoms with Crippen LogP contribution in [0.2, 0.25) is 0 Å². The number of aliphatic hydroxyl groups is 1. The van der Waals surface area contributed by atoms with Gasteiger partial charge < -0.3 is 10.4 Å². The molecule has 0 spiro atoms. The molecule has 0 fully saturated rings. The van der Waals surface area contributed by atoms with Gasteiger partial charge in [0, 0.05) is 5.69 Å². The molecule has 2 rings (SSSR count). The Morgan fingerprint density at radius 3 is 2.45 bits per heavy atom. The zero-order chi connectivity index (χ0) is 16.3. The molecule has 1 amide bonds. The summed E-state index contributed by atoms with van der Waals surface area (Å²) in [6.45, 7) is 7.88. The van der Waals surface area contributed by atoms with E-state index < -0.39 is 6.04 Å². The van der Waals surface area contributed by atoms with E-state index in [1.165, 1.54) is 0 Å². The van der Waals surface area contributed by atoms with E-state index in [0.717, 1.165) is 11.3 Å². The molecule has 0 aliphatic rings. The number of aromatic nitrogens is 2. The molecule has 2 aromatic rings. The molecule has 5 nitrogen and oxygen atoms in total. The first-order chi connectivity index (χ1) is 10.3. The normalized spacial score (nSPS) is 13.0. The Bertz CT molecular complexity index is 642. The predicted octanol–water partition coefficient (Wildman–Crippen LogP) is 2.41. The topological polar surface area (TPSA) is 67.2 Å². The average Bonchev–Trinajstić information content (AvgIpc) is 2.87. The third-order valence-electron chi connectivity index (χ3n) is 3.45. The van der Waals surface area contributed by atoms with E-state index in [2.05, 4.69) is 10.4 Å². The number of aryl methyl sites for hydroxylation is 1. The van der Waals surface area contributed by atoms with Gasteiger partial charge in [0.05, 0.1) is 18.2 Å². The fourth-order valence-electron chi connectivity index (χ4n) is 2.42. The number of hydrogen-bond donors (Lipinski definition) is 2. The average molecular weight is 301 g/mol. The Hall–Kier alpha value is -2.14. The summed E-state index contributed by atoms with van der Waals surface area (Å²) in [4.78, 5) is 12.4. The van der Waals surface area contributed by atoms with Crippen LogP contribution >= 0.6 is 0 Å². The summed E-state index contributed by atoms with van der Waals surface area (Å²) in [5, 5.41) is 16.7. The van der Waals surface area contributed by atoms with Gasteiger partial charge in [-0.05, 0) is 39.3 Å². The summed E-state index contributed by atoms with van der Waals surface area (Å²) in [6.07, 6.45) is 0. The maximum absolute atomic E-state index is 12.4. The number of rotatable bonds is 4. The molecule has 22 heavy (non-hydrogen) atoms. The highest BCUT2D eigenvalue weighted by Gasteiger charge is 2.22. The summed E-state index contributed by atoms with van der Waals surface area (Å²) in [7, 11) is 0. The standard InChI is InChI=1S/C17H23N3O2/c1-12-10-14(19-20(12)17(2,3)4)16(22)18-15(11-21)13-8-6-5-7-9-13/h5-10,15,21H,11H2,1-4H3,(H,18,22)/t15-/m1/s1. The van der Waals surface area contributed by atoms with Crippen molar-refractivity contribution in [3.05, 3.63) is 53.3 Å². The largest absolute Gasteiger partial charge is 0.394 e. The van der Waals surface area contributed by atoms with Crippen molar-refractivity contribution in [1.82, 2.24) is 15.1 Å². The van der Waals surface area contributed by atoms with Gasteiger partial charge in [0.15, 0.2) is 0 Å². The van der Waals surface area contributed by atoms with E-state index in [0.29, 0.717) is 5.69 Å². The summed E-state index contributed by atoms with van der Waals surface area (Å²) >= 11 is 0. The van der Waals surface area contributed by atoms with Gasteiger partial charge in [0.2, 0.25) is 0 Å². The number of carbonyl (C=O) groups excluding carboxylic acids is 1. The molecule has 0 saturated carbocycles. The molecule has 1 aromatic carbocycles. The smallest absolute Gasteiger partial charge is 0.272 e. The second kappa shape index (κ2) is 6.32. The molecule has 118 valence electrons. The Kier molecular flexibility index (Phi) is 4.66. The lowest BCUT2D eigenvalue weighted by Gasteiger charge is -2.21. The van der Waals surface area contributed by atoms with E-state index in [4.69, 9.17) is 0 Å². The Labute approximate surface area is 131 Å². The molecule has 0 radical (unpaired) electrons. The first kappa shape index (κ1) is 16.2.